The molecule has 1 heterocycles. The van der Waals surface area contributed by atoms with Gasteiger partial charge in [-0.25, -0.2) is 0 Å². The van der Waals surface area contributed by atoms with E-state index in [0.29, 0.717) is 0 Å². The number of aryl methyl sites for hydroxylation is 3. The third kappa shape index (κ3) is 4.87. The normalized spacial score (nSPS) is 15.0. The number of benzene rings is 1. The molecule has 1 aliphatic rings. The lowest BCUT2D eigenvalue weighted by Gasteiger charge is -2.21. The van der Waals surface area contributed by atoms with Crippen molar-refractivity contribution >= 4 is 29.9 Å². The first-order chi connectivity index (χ1) is 9.61. The predicted molar refractivity (Wildman–Crippen MR) is 102 cm³/mol. The predicted octanol–water partition coefficient (Wildman–Crippen LogP) is 3.44. The number of nitrogens with zero attached hydrogens (tertiary/aromatic N) is 2. The Labute approximate surface area is 146 Å². The molecule has 0 spiro atoms. The molecule has 0 atom stereocenters. The highest BCUT2D eigenvalue weighted by Crippen LogP contribution is 2.16. The summed E-state index contributed by atoms with van der Waals surface area (Å²) in [6.45, 7) is 9.82. The van der Waals surface area contributed by atoms with E-state index >= 15 is 0 Å². The molecule has 21 heavy (non-hydrogen) atoms. The van der Waals surface area contributed by atoms with Crippen molar-refractivity contribution in [3.8, 4) is 0 Å². The molecule has 0 radical (unpaired) electrons. The van der Waals surface area contributed by atoms with Gasteiger partial charge in [-0.3, -0.25) is 4.99 Å². The van der Waals surface area contributed by atoms with Crippen LogP contribution in [0.3, 0.4) is 0 Å². The summed E-state index contributed by atoms with van der Waals surface area (Å²) >= 11 is 0. The summed E-state index contributed by atoms with van der Waals surface area (Å²) in [5.41, 5.74) is 5.63. The maximum absolute atomic E-state index is 4.39. The minimum atomic E-state index is 0. The number of likely N-dealkylation sites (tertiary alicyclic amines) is 1. The van der Waals surface area contributed by atoms with Gasteiger partial charge in [-0.05, 0) is 56.7 Å². The summed E-state index contributed by atoms with van der Waals surface area (Å²) in [4.78, 5) is 6.75. The number of hydrogen-bond acceptors (Lipinski definition) is 1. The molecule has 3 nitrogen and oxygen atoms in total. The molecule has 1 N–H and O–H groups in total. The molecular formula is C17H28IN3. The van der Waals surface area contributed by atoms with E-state index in [0.717, 1.165) is 32.0 Å². The Bertz CT molecular complexity index is 468. The highest BCUT2D eigenvalue weighted by molar-refractivity contribution is 14.0. The van der Waals surface area contributed by atoms with Crippen LogP contribution in [-0.2, 0) is 6.42 Å². The highest BCUT2D eigenvalue weighted by Gasteiger charge is 2.15. The van der Waals surface area contributed by atoms with Crippen molar-refractivity contribution in [2.24, 2.45) is 4.99 Å². The second-order valence-corrected chi connectivity index (χ2v) is 5.80. The van der Waals surface area contributed by atoms with Crippen molar-refractivity contribution in [3.63, 3.8) is 0 Å². The number of aliphatic imine (C=N–C) groups is 1. The van der Waals surface area contributed by atoms with Gasteiger partial charge in [0.2, 0.25) is 0 Å². The van der Waals surface area contributed by atoms with Crippen LogP contribution in [0, 0.1) is 20.8 Å². The summed E-state index contributed by atoms with van der Waals surface area (Å²) in [6.07, 6.45) is 3.64. The van der Waals surface area contributed by atoms with Crippen molar-refractivity contribution in [2.75, 3.05) is 26.7 Å². The Morgan fingerprint density at radius 1 is 1.14 bits per heavy atom. The lowest BCUT2D eigenvalue weighted by atomic mass is 9.97. The van der Waals surface area contributed by atoms with E-state index < -0.39 is 0 Å². The smallest absolute Gasteiger partial charge is 0.193 e. The van der Waals surface area contributed by atoms with Gasteiger partial charge in [-0.1, -0.05) is 17.7 Å². The molecule has 1 aliphatic heterocycles. The molecule has 1 aromatic rings. The van der Waals surface area contributed by atoms with Crippen LogP contribution >= 0.6 is 24.0 Å². The minimum absolute atomic E-state index is 0. The molecular weight excluding hydrogens is 373 g/mol. The molecule has 1 saturated heterocycles. The van der Waals surface area contributed by atoms with Gasteiger partial charge in [-0.15, -0.1) is 24.0 Å². The second kappa shape index (κ2) is 8.61. The summed E-state index contributed by atoms with van der Waals surface area (Å²) in [7, 11) is 1.88. The van der Waals surface area contributed by atoms with E-state index in [4.69, 9.17) is 0 Å². The molecule has 2 rings (SSSR count). The zero-order valence-corrected chi connectivity index (χ0v) is 16.0. The van der Waals surface area contributed by atoms with Crippen LogP contribution < -0.4 is 5.32 Å². The Kier molecular flexibility index (Phi) is 7.49. The standard InChI is InChI=1S/C17H27N3.HI/c1-13-11-14(2)16(15(3)12-13)7-8-19-17(18-4)20-9-5-6-10-20;/h11-12H,5-10H2,1-4H3,(H,18,19);1H. The van der Waals surface area contributed by atoms with Crippen LogP contribution in [0.2, 0.25) is 0 Å². The molecule has 0 saturated carbocycles. The van der Waals surface area contributed by atoms with Crippen molar-refractivity contribution in [1.82, 2.24) is 10.2 Å². The van der Waals surface area contributed by atoms with Crippen LogP contribution in [0.4, 0.5) is 0 Å². The maximum Gasteiger partial charge on any atom is 0.193 e. The topological polar surface area (TPSA) is 27.6 Å². The Morgan fingerprint density at radius 3 is 2.24 bits per heavy atom. The fourth-order valence-corrected chi connectivity index (χ4v) is 3.16. The summed E-state index contributed by atoms with van der Waals surface area (Å²) in [5.74, 6) is 1.06. The molecule has 0 aromatic heterocycles. The van der Waals surface area contributed by atoms with Gasteiger partial charge in [0.1, 0.15) is 0 Å². The van der Waals surface area contributed by atoms with Gasteiger partial charge in [0.05, 0.1) is 0 Å². The average Bonchev–Trinajstić information content (AvgIpc) is 2.90. The third-order valence-electron chi connectivity index (χ3n) is 4.12. The maximum atomic E-state index is 4.39. The minimum Gasteiger partial charge on any atom is -0.356 e. The van der Waals surface area contributed by atoms with Gasteiger partial charge >= 0.3 is 0 Å². The van der Waals surface area contributed by atoms with Crippen molar-refractivity contribution in [2.45, 2.75) is 40.0 Å². The molecule has 0 amide bonds. The molecule has 118 valence electrons. The number of hydrogen-bond donors (Lipinski definition) is 1. The largest absolute Gasteiger partial charge is 0.356 e. The quantitative estimate of drug-likeness (QED) is 0.478. The monoisotopic (exact) mass is 401 g/mol. The number of rotatable bonds is 3. The number of nitrogens with one attached hydrogen (secondary N) is 1. The highest BCUT2D eigenvalue weighted by atomic mass is 127. The Morgan fingerprint density at radius 2 is 1.71 bits per heavy atom. The van der Waals surface area contributed by atoms with Crippen LogP contribution in [0.25, 0.3) is 0 Å². The lowest BCUT2D eigenvalue weighted by molar-refractivity contribution is 0.494. The molecule has 1 fully saturated rings. The van der Waals surface area contributed by atoms with Crippen LogP contribution in [0.15, 0.2) is 17.1 Å². The van der Waals surface area contributed by atoms with E-state index in [2.05, 4.69) is 48.1 Å². The van der Waals surface area contributed by atoms with E-state index in [1.807, 2.05) is 7.05 Å². The lowest BCUT2D eigenvalue weighted by Crippen LogP contribution is -2.40. The summed E-state index contributed by atoms with van der Waals surface area (Å²) in [6, 6.07) is 4.55. The molecule has 4 heteroatoms. The van der Waals surface area contributed by atoms with Gasteiger partial charge in [-0.2, -0.15) is 0 Å². The first-order valence-corrected chi connectivity index (χ1v) is 7.64. The zero-order valence-electron chi connectivity index (χ0n) is 13.7. The summed E-state index contributed by atoms with van der Waals surface area (Å²) in [5, 5.41) is 3.50. The first kappa shape index (κ1) is 18.3. The zero-order chi connectivity index (χ0) is 14.5. The van der Waals surface area contributed by atoms with E-state index in [1.165, 1.54) is 35.1 Å². The third-order valence-corrected chi connectivity index (χ3v) is 4.12. The van der Waals surface area contributed by atoms with Gasteiger partial charge in [0.25, 0.3) is 0 Å². The van der Waals surface area contributed by atoms with Gasteiger partial charge < -0.3 is 10.2 Å². The van der Waals surface area contributed by atoms with Crippen LogP contribution in [-0.4, -0.2) is 37.5 Å². The number of halogens is 1. The van der Waals surface area contributed by atoms with E-state index in [-0.39, 0.29) is 24.0 Å². The second-order valence-electron chi connectivity index (χ2n) is 5.80. The van der Waals surface area contributed by atoms with E-state index in [1.54, 1.807) is 0 Å². The Balaban J connectivity index is 0.00000220. The molecule has 0 unspecified atom stereocenters. The van der Waals surface area contributed by atoms with E-state index in [9.17, 15) is 0 Å². The van der Waals surface area contributed by atoms with Crippen molar-refractivity contribution < 1.29 is 0 Å². The van der Waals surface area contributed by atoms with Crippen molar-refractivity contribution in [3.05, 3.63) is 34.4 Å². The van der Waals surface area contributed by atoms with Crippen LogP contribution in [0.5, 0.6) is 0 Å². The molecule has 0 bridgehead atoms. The first-order valence-electron chi connectivity index (χ1n) is 7.64. The van der Waals surface area contributed by atoms with Crippen LogP contribution in [0.1, 0.15) is 35.1 Å². The van der Waals surface area contributed by atoms with Gasteiger partial charge in [0, 0.05) is 26.7 Å². The number of guanidine groups is 1. The van der Waals surface area contributed by atoms with Crippen molar-refractivity contribution in [1.29, 1.82) is 0 Å². The summed E-state index contributed by atoms with van der Waals surface area (Å²) < 4.78 is 0. The average molecular weight is 401 g/mol. The molecule has 1 aromatic carbocycles. The van der Waals surface area contributed by atoms with Gasteiger partial charge in [0.15, 0.2) is 5.96 Å². The fraction of sp³-hybridized carbons (Fsp3) is 0.588. The molecule has 0 aliphatic carbocycles. The SMILES string of the molecule is CN=C(NCCc1c(C)cc(C)cc1C)N1CCCC1.I. The Hall–Kier alpha value is -0.780. The fourth-order valence-electron chi connectivity index (χ4n) is 3.16.